The van der Waals surface area contributed by atoms with Crippen LogP contribution in [0.25, 0.3) is 0 Å². The molecule has 37 heavy (non-hydrogen) atoms. The standard InChI is InChI=1S/C29H45FN4O3/c1-3-7-20-10-12-22(13-11-20)18-27(35)34-29(31)33-25(16-21-8-5-4-6-9-21)28(36)32-19-23-14-15-24(30)26(17-23)37-2/h14-15,17,20-22,25H,3-13,16,18-19H2,1-2H3,(H,32,36)(H3,31,33,34,35). The summed E-state index contributed by atoms with van der Waals surface area (Å²) in [4.78, 5) is 30.3. The van der Waals surface area contributed by atoms with Crippen molar-refractivity contribution in [1.82, 2.24) is 10.6 Å². The normalized spacial score (nSPS) is 21.8. The van der Waals surface area contributed by atoms with E-state index in [0.717, 1.165) is 50.0 Å². The van der Waals surface area contributed by atoms with Gasteiger partial charge in [0.1, 0.15) is 6.04 Å². The molecule has 0 bridgehead atoms. The largest absolute Gasteiger partial charge is 0.494 e. The van der Waals surface area contributed by atoms with Gasteiger partial charge in [-0.05, 0) is 54.7 Å². The third-order valence-corrected chi connectivity index (χ3v) is 7.97. The molecule has 1 aromatic carbocycles. The molecule has 0 radical (unpaired) electrons. The zero-order valence-corrected chi connectivity index (χ0v) is 22.6. The molecular formula is C29H45FN4O3. The van der Waals surface area contributed by atoms with Crippen LogP contribution in [0.1, 0.15) is 96.0 Å². The first-order valence-electron chi connectivity index (χ1n) is 14.1. The molecule has 2 amide bonds. The van der Waals surface area contributed by atoms with E-state index in [2.05, 4.69) is 22.5 Å². The molecule has 0 saturated heterocycles. The highest BCUT2D eigenvalue weighted by atomic mass is 19.1. The zero-order valence-electron chi connectivity index (χ0n) is 22.6. The van der Waals surface area contributed by atoms with E-state index in [1.165, 1.54) is 45.3 Å². The summed E-state index contributed by atoms with van der Waals surface area (Å²) in [5, 5.41) is 5.64. The minimum absolute atomic E-state index is 0.00378. The van der Waals surface area contributed by atoms with Crippen molar-refractivity contribution in [1.29, 1.82) is 0 Å². The molecule has 206 valence electrons. The van der Waals surface area contributed by atoms with Crippen molar-refractivity contribution in [2.75, 3.05) is 7.11 Å². The van der Waals surface area contributed by atoms with Crippen LogP contribution in [0.15, 0.2) is 23.2 Å². The van der Waals surface area contributed by atoms with Gasteiger partial charge < -0.3 is 15.8 Å². The highest BCUT2D eigenvalue weighted by Gasteiger charge is 2.26. The molecule has 0 aliphatic heterocycles. The molecule has 1 atom stereocenters. The quantitative estimate of drug-likeness (QED) is 0.277. The predicted molar refractivity (Wildman–Crippen MR) is 145 cm³/mol. The van der Waals surface area contributed by atoms with Gasteiger partial charge in [-0.25, -0.2) is 9.38 Å². The monoisotopic (exact) mass is 516 g/mol. The Morgan fingerprint density at radius 1 is 1.08 bits per heavy atom. The Hall–Kier alpha value is -2.64. The minimum atomic E-state index is -0.685. The number of rotatable bonds is 11. The molecule has 8 heteroatoms. The van der Waals surface area contributed by atoms with Crippen molar-refractivity contribution in [3.05, 3.63) is 29.6 Å². The second kappa shape index (κ2) is 14.9. The molecule has 3 rings (SSSR count). The topological polar surface area (TPSA) is 106 Å². The Morgan fingerprint density at radius 3 is 2.46 bits per heavy atom. The molecular weight excluding hydrogens is 471 g/mol. The number of guanidine groups is 1. The summed E-state index contributed by atoms with van der Waals surface area (Å²) in [5.41, 5.74) is 6.85. The van der Waals surface area contributed by atoms with Crippen molar-refractivity contribution in [3.63, 3.8) is 0 Å². The molecule has 0 aromatic heterocycles. The summed E-state index contributed by atoms with van der Waals surface area (Å²) in [5.74, 6) is 0.894. The average molecular weight is 517 g/mol. The van der Waals surface area contributed by atoms with Crippen LogP contribution in [0.3, 0.4) is 0 Å². The van der Waals surface area contributed by atoms with Gasteiger partial charge in [0.2, 0.25) is 11.8 Å². The maximum Gasteiger partial charge on any atom is 0.245 e. The van der Waals surface area contributed by atoms with Gasteiger partial charge in [-0.15, -0.1) is 0 Å². The molecule has 1 unspecified atom stereocenters. The number of carbonyl (C=O) groups excluding carboxylic acids is 2. The van der Waals surface area contributed by atoms with E-state index in [1.54, 1.807) is 12.1 Å². The van der Waals surface area contributed by atoms with Crippen molar-refractivity contribution >= 4 is 17.8 Å². The van der Waals surface area contributed by atoms with Crippen LogP contribution in [0, 0.1) is 23.6 Å². The number of ether oxygens (including phenoxy) is 1. The van der Waals surface area contributed by atoms with Crippen molar-refractivity contribution in [3.8, 4) is 5.75 Å². The Balaban J connectivity index is 1.57. The Labute approximate surface area is 221 Å². The number of nitrogens with zero attached hydrogens (tertiary/aromatic N) is 1. The second-order valence-corrected chi connectivity index (χ2v) is 10.9. The Bertz CT molecular complexity index is 908. The third-order valence-electron chi connectivity index (χ3n) is 7.97. The fourth-order valence-corrected chi connectivity index (χ4v) is 5.87. The van der Waals surface area contributed by atoms with Gasteiger partial charge in [-0.2, -0.15) is 0 Å². The van der Waals surface area contributed by atoms with E-state index in [0.29, 0.717) is 24.7 Å². The van der Waals surface area contributed by atoms with Crippen molar-refractivity contribution in [2.24, 2.45) is 28.5 Å². The predicted octanol–water partition coefficient (Wildman–Crippen LogP) is 5.22. The van der Waals surface area contributed by atoms with Gasteiger partial charge >= 0.3 is 0 Å². The number of benzene rings is 1. The van der Waals surface area contributed by atoms with Crippen LogP contribution >= 0.6 is 0 Å². The first-order valence-corrected chi connectivity index (χ1v) is 14.1. The van der Waals surface area contributed by atoms with Gasteiger partial charge in [-0.3, -0.25) is 14.9 Å². The summed E-state index contributed by atoms with van der Waals surface area (Å²) in [6, 6.07) is 3.82. The lowest BCUT2D eigenvalue weighted by molar-refractivity contribution is -0.123. The van der Waals surface area contributed by atoms with Gasteiger partial charge in [0, 0.05) is 13.0 Å². The van der Waals surface area contributed by atoms with Crippen LogP contribution in [-0.2, 0) is 16.1 Å². The van der Waals surface area contributed by atoms with E-state index >= 15 is 0 Å². The lowest BCUT2D eigenvalue weighted by atomic mass is 9.79. The summed E-state index contributed by atoms with van der Waals surface area (Å²) in [6.45, 7) is 2.45. The maximum absolute atomic E-state index is 13.7. The number of halogens is 1. The van der Waals surface area contributed by atoms with Crippen molar-refractivity contribution < 1.29 is 18.7 Å². The first-order chi connectivity index (χ1) is 17.9. The second-order valence-electron chi connectivity index (χ2n) is 10.9. The number of carbonyl (C=O) groups is 2. The van der Waals surface area contributed by atoms with Crippen LogP contribution in [0.5, 0.6) is 5.75 Å². The molecule has 1 aromatic rings. The number of hydrogen-bond donors (Lipinski definition) is 3. The zero-order chi connectivity index (χ0) is 26.6. The highest BCUT2D eigenvalue weighted by Crippen LogP contribution is 2.33. The van der Waals surface area contributed by atoms with Crippen LogP contribution in [0.2, 0.25) is 0 Å². The third kappa shape index (κ3) is 9.63. The SMILES string of the molecule is CCCC1CCC(CC(=O)NC(N)=NC(CC2CCCCC2)C(=O)NCc2ccc(F)c(OC)c2)CC1. The highest BCUT2D eigenvalue weighted by molar-refractivity contribution is 5.97. The van der Waals surface area contributed by atoms with E-state index in [1.807, 2.05) is 0 Å². The summed E-state index contributed by atoms with van der Waals surface area (Å²) in [6.07, 6.45) is 13.8. The van der Waals surface area contributed by atoms with E-state index in [-0.39, 0.29) is 30.1 Å². The van der Waals surface area contributed by atoms with Crippen LogP contribution in [0.4, 0.5) is 4.39 Å². The number of methoxy groups -OCH3 is 1. The van der Waals surface area contributed by atoms with E-state index in [9.17, 15) is 14.0 Å². The summed E-state index contributed by atoms with van der Waals surface area (Å²) < 4.78 is 18.8. The number of nitrogens with one attached hydrogen (secondary N) is 2. The fourth-order valence-electron chi connectivity index (χ4n) is 5.87. The van der Waals surface area contributed by atoms with Gasteiger partial charge in [-0.1, -0.05) is 70.8 Å². The number of hydrogen-bond acceptors (Lipinski definition) is 4. The molecule has 4 N–H and O–H groups in total. The van der Waals surface area contributed by atoms with Crippen LogP contribution < -0.4 is 21.1 Å². The Kier molecular flexibility index (Phi) is 11.7. The minimum Gasteiger partial charge on any atom is -0.494 e. The van der Waals surface area contributed by atoms with Gasteiger partial charge in [0.25, 0.3) is 0 Å². The van der Waals surface area contributed by atoms with Crippen LogP contribution in [-0.4, -0.2) is 30.9 Å². The lowest BCUT2D eigenvalue weighted by Gasteiger charge is -2.28. The van der Waals surface area contributed by atoms with E-state index in [4.69, 9.17) is 10.5 Å². The lowest BCUT2D eigenvalue weighted by Crippen LogP contribution is -2.42. The molecule has 2 aliphatic rings. The Morgan fingerprint density at radius 2 is 1.78 bits per heavy atom. The summed E-state index contributed by atoms with van der Waals surface area (Å²) in [7, 11) is 1.41. The number of amides is 2. The van der Waals surface area contributed by atoms with E-state index < -0.39 is 11.9 Å². The molecule has 0 heterocycles. The molecule has 7 nitrogen and oxygen atoms in total. The fraction of sp³-hybridized carbons (Fsp3) is 0.690. The van der Waals surface area contributed by atoms with Gasteiger partial charge in [0.15, 0.2) is 17.5 Å². The van der Waals surface area contributed by atoms with Gasteiger partial charge in [0.05, 0.1) is 7.11 Å². The number of nitrogens with two attached hydrogens (primary N) is 1. The number of aliphatic imine (C=N–C) groups is 1. The molecule has 2 aliphatic carbocycles. The smallest absolute Gasteiger partial charge is 0.245 e. The average Bonchev–Trinajstić information content (AvgIpc) is 2.89. The molecule has 2 saturated carbocycles. The molecule has 0 spiro atoms. The maximum atomic E-state index is 13.7. The first kappa shape index (κ1) is 28.9. The van der Waals surface area contributed by atoms with Crippen molar-refractivity contribution in [2.45, 2.75) is 103 Å². The summed E-state index contributed by atoms with van der Waals surface area (Å²) >= 11 is 0. The molecule has 2 fully saturated rings.